The van der Waals surface area contributed by atoms with E-state index in [1.807, 2.05) is 11.3 Å². The number of aryl methyl sites for hydroxylation is 1. The summed E-state index contributed by atoms with van der Waals surface area (Å²) in [6, 6.07) is 0.738. The van der Waals surface area contributed by atoms with E-state index in [4.69, 9.17) is 0 Å². The third kappa shape index (κ3) is 1.35. The second-order valence-electron chi connectivity index (χ2n) is 4.19. The monoisotopic (exact) mass is 194 g/mol. The Morgan fingerprint density at radius 1 is 1.38 bits per heavy atom. The van der Waals surface area contributed by atoms with Crippen LogP contribution in [0.15, 0.2) is 0 Å². The number of hydrogen-bond acceptors (Lipinski definition) is 3. The molecule has 3 rings (SSSR count). The van der Waals surface area contributed by atoms with E-state index < -0.39 is 0 Å². The van der Waals surface area contributed by atoms with E-state index in [-0.39, 0.29) is 0 Å². The van der Waals surface area contributed by atoms with Crippen LogP contribution in [-0.2, 0) is 6.42 Å². The Bertz CT molecular complexity index is 328. The van der Waals surface area contributed by atoms with Crippen molar-refractivity contribution in [1.29, 1.82) is 0 Å². The van der Waals surface area contributed by atoms with Gasteiger partial charge in [0.25, 0.3) is 0 Å². The van der Waals surface area contributed by atoms with Crippen LogP contribution in [0.5, 0.6) is 0 Å². The SMILES string of the molecule is CC1CCc2sc(NC3CC3)nc21. The Kier molecular flexibility index (Phi) is 1.62. The van der Waals surface area contributed by atoms with Gasteiger partial charge in [-0.3, -0.25) is 0 Å². The summed E-state index contributed by atoms with van der Waals surface area (Å²) in [6.07, 6.45) is 5.22. The van der Waals surface area contributed by atoms with Gasteiger partial charge in [0.05, 0.1) is 5.69 Å². The van der Waals surface area contributed by atoms with Gasteiger partial charge in [-0.1, -0.05) is 6.92 Å². The van der Waals surface area contributed by atoms with Crippen LogP contribution in [0.1, 0.15) is 42.7 Å². The Morgan fingerprint density at radius 3 is 2.92 bits per heavy atom. The van der Waals surface area contributed by atoms with Crippen LogP contribution in [0.2, 0.25) is 0 Å². The predicted molar refractivity (Wildman–Crippen MR) is 55.5 cm³/mol. The quantitative estimate of drug-likeness (QED) is 0.783. The van der Waals surface area contributed by atoms with E-state index >= 15 is 0 Å². The summed E-state index contributed by atoms with van der Waals surface area (Å²) < 4.78 is 0. The molecule has 0 aliphatic heterocycles. The van der Waals surface area contributed by atoms with Crippen molar-refractivity contribution in [2.24, 2.45) is 0 Å². The topological polar surface area (TPSA) is 24.9 Å². The van der Waals surface area contributed by atoms with Crippen LogP contribution in [0.4, 0.5) is 5.13 Å². The van der Waals surface area contributed by atoms with Gasteiger partial charge in [-0.2, -0.15) is 0 Å². The highest BCUT2D eigenvalue weighted by Crippen LogP contribution is 2.39. The molecule has 1 heterocycles. The third-order valence-electron chi connectivity index (χ3n) is 2.90. The average molecular weight is 194 g/mol. The van der Waals surface area contributed by atoms with Crippen LogP contribution in [-0.4, -0.2) is 11.0 Å². The summed E-state index contributed by atoms with van der Waals surface area (Å²) >= 11 is 1.87. The minimum Gasteiger partial charge on any atom is -0.359 e. The lowest BCUT2D eigenvalue weighted by atomic mass is 10.1. The van der Waals surface area contributed by atoms with Crippen LogP contribution in [0.25, 0.3) is 0 Å². The number of fused-ring (bicyclic) bond motifs is 1. The molecule has 1 saturated carbocycles. The number of rotatable bonds is 2. The number of nitrogens with one attached hydrogen (secondary N) is 1. The van der Waals surface area contributed by atoms with Gasteiger partial charge >= 0.3 is 0 Å². The maximum atomic E-state index is 4.66. The molecule has 0 amide bonds. The summed E-state index contributed by atoms with van der Waals surface area (Å²) in [5.41, 5.74) is 1.37. The lowest BCUT2D eigenvalue weighted by Gasteiger charge is -2.00. The molecule has 1 aromatic rings. The average Bonchev–Trinajstić information content (AvgIpc) is 2.71. The van der Waals surface area contributed by atoms with E-state index in [2.05, 4.69) is 17.2 Å². The number of anilines is 1. The van der Waals surface area contributed by atoms with Crippen molar-refractivity contribution >= 4 is 16.5 Å². The number of aromatic nitrogens is 1. The van der Waals surface area contributed by atoms with Gasteiger partial charge in [0.2, 0.25) is 0 Å². The smallest absolute Gasteiger partial charge is 0.183 e. The highest BCUT2D eigenvalue weighted by atomic mass is 32.1. The van der Waals surface area contributed by atoms with E-state index in [1.165, 1.54) is 41.4 Å². The molecule has 0 saturated heterocycles. The fourth-order valence-electron chi connectivity index (χ4n) is 1.88. The Labute approximate surface area is 82.4 Å². The van der Waals surface area contributed by atoms with Crippen molar-refractivity contribution in [3.8, 4) is 0 Å². The molecule has 1 fully saturated rings. The Morgan fingerprint density at radius 2 is 2.23 bits per heavy atom. The third-order valence-corrected chi connectivity index (χ3v) is 3.97. The van der Waals surface area contributed by atoms with Crippen molar-refractivity contribution in [2.75, 3.05) is 5.32 Å². The zero-order valence-corrected chi connectivity index (χ0v) is 8.66. The molecule has 0 radical (unpaired) electrons. The van der Waals surface area contributed by atoms with Crippen LogP contribution in [0, 0.1) is 0 Å². The van der Waals surface area contributed by atoms with E-state index in [1.54, 1.807) is 0 Å². The molecular formula is C10H14N2S. The molecule has 3 heteroatoms. The Balaban J connectivity index is 1.84. The van der Waals surface area contributed by atoms with Crippen LogP contribution in [0.3, 0.4) is 0 Å². The second-order valence-corrected chi connectivity index (χ2v) is 5.27. The van der Waals surface area contributed by atoms with Gasteiger partial charge in [0, 0.05) is 10.9 Å². The van der Waals surface area contributed by atoms with Crippen molar-refractivity contribution in [2.45, 2.75) is 44.6 Å². The molecular weight excluding hydrogens is 180 g/mol. The number of hydrogen-bond donors (Lipinski definition) is 1. The molecule has 1 N–H and O–H groups in total. The summed E-state index contributed by atoms with van der Waals surface area (Å²) in [6.45, 7) is 2.28. The molecule has 0 aromatic carbocycles. The largest absolute Gasteiger partial charge is 0.359 e. The summed E-state index contributed by atoms with van der Waals surface area (Å²) in [5, 5.41) is 4.64. The first kappa shape index (κ1) is 7.80. The van der Waals surface area contributed by atoms with Gasteiger partial charge < -0.3 is 5.32 Å². The molecule has 2 aliphatic rings. The fourth-order valence-corrected chi connectivity index (χ4v) is 3.05. The van der Waals surface area contributed by atoms with Crippen LogP contribution >= 0.6 is 11.3 Å². The molecule has 0 bridgehead atoms. The molecule has 1 unspecified atom stereocenters. The first-order valence-corrected chi connectivity index (χ1v) is 5.90. The normalized spacial score (nSPS) is 26.1. The van der Waals surface area contributed by atoms with E-state index in [0.717, 1.165) is 6.04 Å². The number of thiazole rings is 1. The van der Waals surface area contributed by atoms with Crippen molar-refractivity contribution in [1.82, 2.24) is 4.98 Å². The zero-order chi connectivity index (χ0) is 8.84. The molecule has 13 heavy (non-hydrogen) atoms. The molecule has 70 valence electrons. The minimum absolute atomic E-state index is 0.695. The standard InChI is InChI=1S/C10H14N2S/c1-6-2-5-8-9(6)12-10(13-8)11-7-3-4-7/h6-7H,2-5H2,1H3,(H,11,12). The van der Waals surface area contributed by atoms with Gasteiger partial charge in [-0.25, -0.2) is 4.98 Å². The minimum atomic E-state index is 0.695. The van der Waals surface area contributed by atoms with E-state index in [0.29, 0.717) is 5.92 Å². The van der Waals surface area contributed by atoms with Crippen molar-refractivity contribution in [3.05, 3.63) is 10.6 Å². The summed E-state index contributed by atoms with van der Waals surface area (Å²) in [4.78, 5) is 6.18. The summed E-state index contributed by atoms with van der Waals surface area (Å²) in [7, 11) is 0. The van der Waals surface area contributed by atoms with E-state index in [9.17, 15) is 0 Å². The maximum Gasteiger partial charge on any atom is 0.183 e. The fraction of sp³-hybridized carbons (Fsp3) is 0.700. The number of nitrogens with zero attached hydrogens (tertiary/aromatic N) is 1. The van der Waals surface area contributed by atoms with Gasteiger partial charge in [0.1, 0.15) is 0 Å². The Hall–Kier alpha value is -0.570. The molecule has 2 nitrogen and oxygen atoms in total. The lowest BCUT2D eigenvalue weighted by molar-refractivity contribution is 0.731. The maximum absolute atomic E-state index is 4.66. The highest BCUT2D eigenvalue weighted by Gasteiger charge is 2.26. The first-order valence-electron chi connectivity index (χ1n) is 5.09. The van der Waals surface area contributed by atoms with Crippen molar-refractivity contribution in [3.63, 3.8) is 0 Å². The van der Waals surface area contributed by atoms with Gasteiger partial charge in [-0.05, 0) is 31.6 Å². The predicted octanol–water partition coefficient (Wildman–Crippen LogP) is 2.77. The van der Waals surface area contributed by atoms with Gasteiger partial charge in [-0.15, -0.1) is 11.3 Å². The molecule has 2 aliphatic carbocycles. The zero-order valence-electron chi connectivity index (χ0n) is 7.84. The summed E-state index contributed by atoms with van der Waals surface area (Å²) in [5.74, 6) is 0.695. The van der Waals surface area contributed by atoms with Crippen molar-refractivity contribution < 1.29 is 0 Å². The van der Waals surface area contributed by atoms with Gasteiger partial charge in [0.15, 0.2) is 5.13 Å². The highest BCUT2D eigenvalue weighted by molar-refractivity contribution is 7.15. The molecule has 1 aromatic heterocycles. The van der Waals surface area contributed by atoms with Crippen LogP contribution < -0.4 is 5.32 Å². The molecule has 1 atom stereocenters. The second kappa shape index (κ2) is 2.71. The molecule has 0 spiro atoms. The first-order chi connectivity index (χ1) is 6.33. The lowest BCUT2D eigenvalue weighted by Crippen LogP contribution is -2.00.